The molecule has 0 bridgehead atoms. The van der Waals surface area contributed by atoms with Gasteiger partial charge in [-0.15, -0.1) is 11.5 Å². The number of thioether (sulfide) groups is 1. The molecule has 0 saturated heterocycles. The van der Waals surface area contributed by atoms with Crippen molar-refractivity contribution >= 4 is 11.8 Å². The molecule has 6 heteroatoms. The molecule has 0 aliphatic carbocycles. The molecule has 0 amide bonds. The van der Waals surface area contributed by atoms with Crippen molar-refractivity contribution in [1.82, 2.24) is 25.5 Å². The van der Waals surface area contributed by atoms with E-state index in [1.807, 2.05) is 7.05 Å². The number of rotatable bonds is 5. The lowest BCUT2D eigenvalue weighted by Gasteiger charge is -2.08. The van der Waals surface area contributed by atoms with Gasteiger partial charge in [-0.1, -0.05) is 24.6 Å². The van der Waals surface area contributed by atoms with E-state index in [2.05, 4.69) is 33.7 Å². The molecule has 1 rings (SSSR count). The van der Waals surface area contributed by atoms with Crippen LogP contribution >= 0.6 is 11.8 Å². The Labute approximate surface area is 87.6 Å². The summed E-state index contributed by atoms with van der Waals surface area (Å²) in [6.07, 6.45) is 5.12. The van der Waals surface area contributed by atoms with Gasteiger partial charge in [0.1, 0.15) is 0 Å². The van der Waals surface area contributed by atoms with Crippen molar-refractivity contribution in [3.05, 3.63) is 0 Å². The topological polar surface area (TPSA) is 55.6 Å². The van der Waals surface area contributed by atoms with E-state index in [0.29, 0.717) is 11.8 Å². The second-order valence-electron chi connectivity index (χ2n) is 2.85. The molecule has 0 saturated carbocycles. The van der Waals surface area contributed by atoms with Crippen LogP contribution in [-0.2, 0) is 7.05 Å². The Hall–Kier alpha value is -1.06. The highest BCUT2D eigenvalue weighted by atomic mass is 32.2. The second-order valence-corrected chi connectivity index (χ2v) is 4.25. The van der Waals surface area contributed by atoms with E-state index in [4.69, 9.17) is 6.42 Å². The lowest BCUT2D eigenvalue weighted by Crippen LogP contribution is -2.23. The first-order valence-corrected chi connectivity index (χ1v) is 5.15. The zero-order valence-electron chi connectivity index (χ0n) is 8.27. The maximum Gasteiger partial charge on any atom is 0.209 e. The Morgan fingerprint density at radius 3 is 3.07 bits per heavy atom. The van der Waals surface area contributed by atoms with Crippen LogP contribution in [0.15, 0.2) is 5.16 Å². The summed E-state index contributed by atoms with van der Waals surface area (Å²) in [5.74, 6) is 2.53. The van der Waals surface area contributed by atoms with Crippen molar-refractivity contribution in [3.63, 3.8) is 0 Å². The molecule has 1 atom stereocenters. The van der Waals surface area contributed by atoms with Crippen molar-refractivity contribution < 1.29 is 0 Å². The lowest BCUT2D eigenvalue weighted by atomic mass is 10.4. The zero-order valence-corrected chi connectivity index (χ0v) is 9.08. The lowest BCUT2D eigenvalue weighted by molar-refractivity contribution is 0.661. The first-order chi connectivity index (χ1) is 6.74. The van der Waals surface area contributed by atoms with Crippen molar-refractivity contribution in [1.29, 1.82) is 0 Å². The predicted octanol–water partition coefficient (Wildman–Crippen LogP) is -0.0865. The van der Waals surface area contributed by atoms with Crippen LogP contribution in [0.4, 0.5) is 0 Å². The summed E-state index contributed by atoms with van der Waals surface area (Å²) in [4.78, 5) is 0. The second kappa shape index (κ2) is 5.62. The van der Waals surface area contributed by atoms with Crippen molar-refractivity contribution in [2.75, 3.05) is 13.1 Å². The first-order valence-electron chi connectivity index (χ1n) is 4.27. The van der Waals surface area contributed by atoms with Crippen LogP contribution < -0.4 is 5.32 Å². The number of hydrogen-bond acceptors (Lipinski definition) is 5. The third kappa shape index (κ3) is 3.36. The number of aryl methyl sites for hydroxylation is 1. The van der Waals surface area contributed by atoms with Gasteiger partial charge in [-0.2, -0.15) is 0 Å². The molecular formula is C8H13N5S. The van der Waals surface area contributed by atoms with Crippen LogP contribution in [0.1, 0.15) is 6.92 Å². The van der Waals surface area contributed by atoms with Gasteiger partial charge in [0.05, 0.1) is 6.54 Å². The molecule has 0 radical (unpaired) electrons. The minimum Gasteiger partial charge on any atom is -0.305 e. The van der Waals surface area contributed by atoms with E-state index in [1.54, 1.807) is 16.4 Å². The molecule has 76 valence electrons. The summed E-state index contributed by atoms with van der Waals surface area (Å²) >= 11 is 1.62. The van der Waals surface area contributed by atoms with Crippen molar-refractivity contribution in [3.8, 4) is 12.3 Å². The van der Waals surface area contributed by atoms with Crippen LogP contribution in [0.5, 0.6) is 0 Å². The van der Waals surface area contributed by atoms with E-state index >= 15 is 0 Å². The van der Waals surface area contributed by atoms with Gasteiger partial charge in [0.25, 0.3) is 0 Å². The summed E-state index contributed by atoms with van der Waals surface area (Å²) in [6.45, 7) is 3.55. The third-order valence-corrected chi connectivity index (χ3v) is 2.67. The van der Waals surface area contributed by atoms with E-state index in [0.717, 1.165) is 11.7 Å². The molecule has 0 aliphatic heterocycles. The standard InChI is InChI=1S/C8H13N5S/c1-4-5-9-6-7(2)14-8-10-11-12-13(8)3/h1,7,9H,5-6H2,2-3H3. The summed E-state index contributed by atoms with van der Waals surface area (Å²) in [5.41, 5.74) is 0. The van der Waals surface area contributed by atoms with Gasteiger partial charge in [0.15, 0.2) is 0 Å². The molecule has 0 aliphatic rings. The summed E-state index contributed by atoms with van der Waals surface area (Å²) in [6, 6.07) is 0. The molecule has 1 N–H and O–H groups in total. The molecule has 1 aromatic rings. The molecule has 1 aromatic heterocycles. The van der Waals surface area contributed by atoms with Gasteiger partial charge in [0.2, 0.25) is 5.16 Å². The van der Waals surface area contributed by atoms with E-state index in [9.17, 15) is 0 Å². The normalized spacial score (nSPS) is 12.4. The van der Waals surface area contributed by atoms with Crippen LogP contribution in [-0.4, -0.2) is 38.5 Å². The fourth-order valence-electron chi connectivity index (χ4n) is 0.890. The Balaban J connectivity index is 2.31. The van der Waals surface area contributed by atoms with Crippen LogP contribution in [0.2, 0.25) is 0 Å². The average molecular weight is 211 g/mol. The van der Waals surface area contributed by atoms with Gasteiger partial charge >= 0.3 is 0 Å². The fraction of sp³-hybridized carbons (Fsp3) is 0.625. The first kappa shape index (κ1) is 11.0. The third-order valence-electron chi connectivity index (χ3n) is 1.55. The minimum absolute atomic E-state index is 0.396. The molecule has 0 fully saturated rings. The highest BCUT2D eigenvalue weighted by Gasteiger charge is 2.08. The maximum atomic E-state index is 5.12. The maximum absolute atomic E-state index is 5.12. The molecule has 5 nitrogen and oxygen atoms in total. The molecule has 1 heterocycles. The van der Waals surface area contributed by atoms with Crippen molar-refractivity contribution in [2.24, 2.45) is 7.05 Å². The molecular weight excluding hydrogens is 198 g/mol. The van der Waals surface area contributed by atoms with E-state index in [-0.39, 0.29) is 0 Å². The average Bonchev–Trinajstić information content (AvgIpc) is 2.52. The van der Waals surface area contributed by atoms with Crippen LogP contribution in [0.25, 0.3) is 0 Å². The molecule has 1 unspecified atom stereocenters. The summed E-state index contributed by atoms with van der Waals surface area (Å²) in [5, 5.41) is 15.5. The zero-order chi connectivity index (χ0) is 10.4. The molecule has 0 spiro atoms. The number of hydrogen-bond donors (Lipinski definition) is 1. The monoisotopic (exact) mass is 211 g/mol. The molecule has 0 aromatic carbocycles. The Morgan fingerprint density at radius 1 is 1.71 bits per heavy atom. The van der Waals surface area contributed by atoms with Crippen LogP contribution in [0.3, 0.4) is 0 Å². The smallest absolute Gasteiger partial charge is 0.209 e. The largest absolute Gasteiger partial charge is 0.305 e. The SMILES string of the molecule is C#CCNCC(C)Sc1nnnn1C. The Kier molecular flexibility index (Phi) is 4.43. The van der Waals surface area contributed by atoms with Gasteiger partial charge in [0, 0.05) is 18.8 Å². The summed E-state index contributed by atoms with van der Waals surface area (Å²) in [7, 11) is 1.82. The summed E-state index contributed by atoms with van der Waals surface area (Å²) < 4.78 is 1.66. The van der Waals surface area contributed by atoms with Crippen molar-refractivity contribution in [2.45, 2.75) is 17.3 Å². The highest BCUT2D eigenvalue weighted by Crippen LogP contribution is 2.18. The Bertz CT molecular complexity index is 316. The van der Waals surface area contributed by atoms with Gasteiger partial charge in [-0.25, -0.2) is 4.68 Å². The predicted molar refractivity (Wildman–Crippen MR) is 55.8 cm³/mol. The molecule has 14 heavy (non-hydrogen) atoms. The van der Waals surface area contributed by atoms with Gasteiger partial charge < -0.3 is 5.32 Å². The Morgan fingerprint density at radius 2 is 2.50 bits per heavy atom. The number of aromatic nitrogens is 4. The number of tetrazole rings is 1. The minimum atomic E-state index is 0.396. The quantitative estimate of drug-likeness (QED) is 0.419. The van der Waals surface area contributed by atoms with Gasteiger partial charge in [-0.05, 0) is 10.4 Å². The van der Waals surface area contributed by atoms with Crippen LogP contribution in [0, 0.1) is 12.3 Å². The number of terminal acetylenes is 1. The van der Waals surface area contributed by atoms with E-state index < -0.39 is 0 Å². The van der Waals surface area contributed by atoms with E-state index in [1.165, 1.54) is 0 Å². The fourth-order valence-corrected chi connectivity index (χ4v) is 1.72. The highest BCUT2D eigenvalue weighted by molar-refractivity contribution is 7.99. The number of nitrogens with one attached hydrogen (secondary N) is 1. The van der Waals surface area contributed by atoms with Gasteiger partial charge in [-0.3, -0.25) is 0 Å². The number of nitrogens with zero attached hydrogens (tertiary/aromatic N) is 4.